The second-order valence-electron chi connectivity index (χ2n) is 8.09. The van der Waals surface area contributed by atoms with Crippen molar-refractivity contribution in [1.29, 1.82) is 0 Å². The number of aromatic hydroxyl groups is 1. The first-order chi connectivity index (χ1) is 15.2. The van der Waals surface area contributed by atoms with E-state index in [9.17, 15) is 28.3 Å². The summed E-state index contributed by atoms with van der Waals surface area (Å²) >= 11 is 0. The van der Waals surface area contributed by atoms with Gasteiger partial charge in [0, 0.05) is 24.4 Å². The number of nitrogens with zero attached hydrogens (tertiary/aromatic N) is 2. The van der Waals surface area contributed by atoms with Crippen LogP contribution in [0.1, 0.15) is 46.7 Å². The fourth-order valence-corrected chi connectivity index (χ4v) is 4.12. The Morgan fingerprint density at radius 2 is 2.06 bits per heavy atom. The van der Waals surface area contributed by atoms with Crippen LogP contribution in [0.25, 0.3) is 0 Å². The third kappa shape index (κ3) is 4.57. The molecular weight excluding hydrogens is 447 g/mol. The molecule has 0 saturated carbocycles. The predicted octanol–water partition coefficient (Wildman–Crippen LogP) is 1.34. The Labute approximate surface area is 210 Å². The van der Waals surface area contributed by atoms with Crippen LogP contribution in [0.2, 0.25) is 0 Å². The number of aromatic nitrogens is 1. The molecule has 172 valence electrons. The number of rotatable bonds is 5. The number of fused-ring (bicyclic) bond motifs is 2. The Kier molecular flexibility index (Phi) is 7.62. The number of carbonyl (C=O) groups is 2. The number of nitrogens with one attached hydrogen (secondary N) is 1. The number of amides is 2. The van der Waals surface area contributed by atoms with E-state index in [4.69, 9.17) is 4.74 Å². The van der Waals surface area contributed by atoms with E-state index in [0.717, 1.165) is 12.5 Å². The molecule has 3 heterocycles. The summed E-state index contributed by atoms with van der Waals surface area (Å²) in [6, 6.07) is 2.75. The van der Waals surface area contributed by atoms with E-state index in [1.807, 2.05) is 13.8 Å². The molecule has 0 radical (unpaired) electrons. The van der Waals surface area contributed by atoms with Crippen LogP contribution in [0.15, 0.2) is 29.2 Å². The zero-order valence-electron chi connectivity index (χ0n) is 17.6. The molecule has 2 aromatic rings. The van der Waals surface area contributed by atoms with Crippen LogP contribution in [0.3, 0.4) is 0 Å². The zero-order chi connectivity index (χ0) is 23.2. The van der Waals surface area contributed by atoms with Crippen molar-refractivity contribution in [2.45, 2.75) is 45.6 Å². The summed E-state index contributed by atoms with van der Waals surface area (Å²) < 4.78 is 34.0. The first kappa shape index (κ1) is 25.4. The van der Waals surface area contributed by atoms with Gasteiger partial charge in [-0.05, 0) is 12.0 Å². The summed E-state index contributed by atoms with van der Waals surface area (Å²) in [7, 11) is 0. The van der Waals surface area contributed by atoms with Gasteiger partial charge in [0.25, 0.3) is 11.8 Å². The molecule has 0 spiro atoms. The van der Waals surface area contributed by atoms with Crippen LogP contribution >= 0.6 is 0 Å². The molecule has 11 heteroatoms. The van der Waals surface area contributed by atoms with E-state index in [0.29, 0.717) is 12.7 Å². The number of pyridine rings is 1. The Hall–Kier alpha value is -2.27. The fourth-order valence-electron chi connectivity index (χ4n) is 4.12. The number of carbonyl (C=O) groups excluding carboxylic acids is 2. The topological polar surface area (TPSA) is 101 Å². The van der Waals surface area contributed by atoms with Crippen LogP contribution in [0.5, 0.6) is 5.75 Å². The van der Waals surface area contributed by atoms with Crippen molar-refractivity contribution < 1.29 is 28.2 Å². The van der Waals surface area contributed by atoms with Gasteiger partial charge in [-0.2, -0.15) is 0 Å². The molecule has 33 heavy (non-hydrogen) atoms. The first-order valence-electron chi connectivity index (χ1n) is 10.4. The molecule has 1 saturated heterocycles. The average molecular weight is 471 g/mol. The Morgan fingerprint density at radius 3 is 2.73 bits per heavy atom. The monoisotopic (exact) mass is 471 g/mol. The van der Waals surface area contributed by atoms with Crippen LogP contribution in [0.4, 0.5) is 8.78 Å². The minimum absolute atomic E-state index is 0. The number of ether oxygens (including phenoxy) is 1. The number of halogens is 2. The Morgan fingerprint density at radius 1 is 1.33 bits per heavy atom. The second-order valence-corrected chi connectivity index (χ2v) is 8.09. The summed E-state index contributed by atoms with van der Waals surface area (Å²) in [6.07, 6.45) is 1.46. The molecule has 4 rings (SSSR count). The molecule has 2 amide bonds. The van der Waals surface area contributed by atoms with E-state index in [1.54, 1.807) is 4.90 Å². The van der Waals surface area contributed by atoms with Crippen LogP contribution in [-0.2, 0) is 17.8 Å². The second kappa shape index (κ2) is 9.92. The quantitative estimate of drug-likeness (QED) is 0.642. The Balaban J connectivity index is 0.00000306. The summed E-state index contributed by atoms with van der Waals surface area (Å²) in [5, 5.41) is 12.9. The third-order valence-corrected chi connectivity index (χ3v) is 6.17. The van der Waals surface area contributed by atoms with Gasteiger partial charge in [0.15, 0.2) is 17.7 Å². The van der Waals surface area contributed by atoms with E-state index in [1.165, 1.54) is 16.8 Å². The van der Waals surface area contributed by atoms with Gasteiger partial charge in [-0.15, -0.1) is 0 Å². The summed E-state index contributed by atoms with van der Waals surface area (Å²) in [5.74, 6) is -3.62. The van der Waals surface area contributed by atoms with Crippen LogP contribution in [0, 0.1) is 17.6 Å². The normalized spacial score (nSPS) is 20.0. The van der Waals surface area contributed by atoms with Crippen molar-refractivity contribution in [2.75, 3.05) is 6.61 Å². The van der Waals surface area contributed by atoms with Gasteiger partial charge in [0.1, 0.15) is 17.2 Å². The van der Waals surface area contributed by atoms with Gasteiger partial charge >= 0.3 is 29.6 Å². The molecule has 1 aromatic carbocycles. The van der Waals surface area contributed by atoms with Crippen LogP contribution < -0.4 is 10.7 Å². The van der Waals surface area contributed by atoms with Gasteiger partial charge in [-0.1, -0.05) is 26.3 Å². The molecule has 2 aliphatic rings. The third-order valence-electron chi connectivity index (χ3n) is 6.17. The van der Waals surface area contributed by atoms with Gasteiger partial charge in [0.2, 0.25) is 5.43 Å². The standard InChI is InChI=1S/C22H23F2N3O5.Na.H/c1-3-11(2)16-10-32-17-9-26-8-14(19(28)20(29)18(26)22(31)27(16)17)21(30)25-7-12-4-5-13(23)6-15(12)24;;/h4-6,8,11,16-17,29H,3,7,9-10H2,1-2H3,(H,25,30);;/t11-,16+,17+;;/m0../s1. The molecule has 0 bridgehead atoms. The molecule has 2 aliphatic heterocycles. The number of hydrogen-bond acceptors (Lipinski definition) is 5. The van der Waals surface area contributed by atoms with Crippen molar-refractivity contribution in [3.05, 3.63) is 63.1 Å². The molecule has 1 aromatic heterocycles. The van der Waals surface area contributed by atoms with E-state index >= 15 is 0 Å². The maximum atomic E-state index is 13.8. The van der Waals surface area contributed by atoms with Crippen molar-refractivity contribution in [2.24, 2.45) is 5.92 Å². The molecule has 3 atom stereocenters. The SMILES string of the molecule is CC[C@H](C)[C@H]1CO[C@@H]2Cn3cc(C(=O)NCc4ccc(F)cc4F)c(=O)c(O)c3C(=O)N12.[NaH]. The number of benzene rings is 1. The van der Waals surface area contributed by atoms with Gasteiger partial charge < -0.3 is 24.6 Å². The van der Waals surface area contributed by atoms with Gasteiger partial charge in [0.05, 0.1) is 19.2 Å². The van der Waals surface area contributed by atoms with Crippen molar-refractivity contribution in [3.8, 4) is 5.75 Å². The van der Waals surface area contributed by atoms with E-state index in [-0.39, 0.29) is 65.9 Å². The Bertz CT molecular complexity index is 1160. The average Bonchev–Trinajstić information content (AvgIpc) is 3.19. The molecule has 2 N–H and O–H groups in total. The number of hydrogen-bond donors (Lipinski definition) is 2. The zero-order valence-corrected chi connectivity index (χ0v) is 17.6. The summed E-state index contributed by atoms with van der Waals surface area (Å²) in [5.41, 5.74) is -1.55. The van der Waals surface area contributed by atoms with Crippen molar-refractivity contribution >= 4 is 41.4 Å². The van der Waals surface area contributed by atoms with Gasteiger partial charge in [-0.25, -0.2) is 8.78 Å². The summed E-state index contributed by atoms with van der Waals surface area (Å²) in [6.45, 7) is 4.21. The molecular formula is C22H24F2N3NaO5. The van der Waals surface area contributed by atoms with E-state index in [2.05, 4.69) is 5.32 Å². The predicted molar refractivity (Wildman–Crippen MR) is 116 cm³/mol. The molecule has 0 unspecified atom stereocenters. The minimum atomic E-state index is -1.000. The summed E-state index contributed by atoms with van der Waals surface area (Å²) in [4.78, 5) is 39.9. The first-order valence-corrected chi connectivity index (χ1v) is 10.4. The molecule has 0 aliphatic carbocycles. The molecule has 1 fully saturated rings. The van der Waals surface area contributed by atoms with Gasteiger partial charge in [-0.3, -0.25) is 14.4 Å². The van der Waals surface area contributed by atoms with Crippen LogP contribution in [-0.4, -0.2) is 74.8 Å². The fraction of sp³-hybridized carbons (Fsp3) is 0.409. The molecule has 8 nitrogen and oxygen atoms in total. The van der Waals surface area contributed by atoms with Crippen molar-refractivity contribution in [1.82, 2.24) is 14.8 Å². The van der Waals surface area contributed by atoms with Crippen molar-refractivity contribution in [3.63, 3.8) is 0 Å². The van der Waals surface area contributed by atoms with E-state index < -0.39 is 46.4 Å². The maximum absolute atomic E-state index is 13.8.